The van der Waals surface area contributed by atoms with Crippen molar-refractivity contribution in [2.45, 2.75) is 25.9 Å². The predicted molar refractivity (Wildman–Crippen MR) is 95.5 cm³/mol. The Morgan fingerprint density at radius 1 is 1.27 bits per heavy atom. The van der Waals surface area contributed by atoms with E-state index in [2.05, 4.69) is 10.6 Å². The Morgan fingerprint density at radius 2 is 2.08 bits per heavy atom. The molecule has 8 heteroatoms. The fourth-order valence-electron chi connectivity index (χ4n) is 3.04. The number of pyridine rings is 1. The maximum Gasteiger partial charge on any atom is 0.319 e. The van der Waals surface area contributed by atoms with Gasteiger partial charge in [0.15, 0.2) is 0 Å². The average molecular weight is 362 g/mol. The summed E-state index contributed by atoms with van der Waals surface area (Å²) in [5.74, 6) is -1.23. The number of halogens is 2. The summed E-state index contributed by atoms with van der Waals surface area (Å²) >= 11 is 0. The van der Waals surface area contributed by atoms with E-state index in [0.717, 1.165) is 6.07 Å². The van der Waals surface area contributed by atoms with Crippen molar-refractivity contribution in [1.29, 1.82) is 0 Å². The lowest BCUT2D eigenvalue weighted by Gasteiger charge is -2.20. The second-order valence-corrected chi connectivity index (χ2v) is 6.17. The first-order valence-electron chi connectivity index (χ1n) is 8.44. The van der Waals surface area contributed by atoms with E-state index in [1.54, 1.807) is 17.2 Å². The number of amides is 2. The highest BCUT2D eigenvalue weighted by atomic mass is 19.1. The standard InChI is InChI=1S/C18H20F2N4O2/c1-2-23-10-13(4-6-17(23)25)21-18(26)22-14-7-8-24(11-14)16-5-3-12(19)9-15(16)20/h3-6,9-10,14H,2,7-8,11H2,1H3,(H2,21,22,26). The zero-order valence-corrected chi connectivity index (χ0v) is 14.3. The first kappa shape index (κ1) is 17.9. The lowest BCUT2D eigenvalue weighted by atomic mass is 10.2. The van der Waals surface area contributed by atoms with Crippen LogP contribution in [0, 0.1) is 11.6 Å². The molecule has 2 N–H and O–H groups in total. The molecule has 1 saturated heterocycles. The molecular weight excluding hydrogens is 342 g/mol. The van der Waals surface area contributed by atoms with Gasteiger partial charge in [0.1, 0.15) is 11.6 Å². The number of hydrogen-bond acceptors (Lipinski definition) is 3. The molecule has 1 atom stereocenters. The van der Waals surface area contributed by atoms with Gasteiger partial charge in [0.2, 0.25) is 0 Å². The number of urea groups is 1. The smallest absolute Gasteiger partial charge is 0.319 e. The number of aryl methyl sites for hydroxylation is 1. The Bertz CT molecular complexity index is 869. The van der Waals surface area contributed by atoms with E-state index in [1.807, 2.05) is 6.92 Å². The van der Waals surface area contributed by atoms with Crippen LogP contribution in [0.1, 0.15) is 13.3 Å². The summed E-state index contributed by atoms with van der Waals surface area (Å²) in [6.07, 6.45) is 2.23. The van der Waals surface area contributed by atoms with Gasteiger partial charge in [-0.2, -0.15) is 0 Å². The number of hydrogen-bond donors (Lipinski definition) is 2. The molecule has 2 amide bonds. The first-order valence-corrected chi connectivity index (χ1v) is 8.44. The number of carbonyl (C=O) groups excluding carboxylic acids is 1. The van der Waals surface area contributed by atoms with Crippen molar-refractivity contribution in [2.75, 3.05) is 23.3 Å². The summed E-state index contributed by atoms with van der Waals surface area (Å²) in [5, 5.41) is 5.53. The van der Waals surface area contributed by atoms with Gasteiger partial charge in [0, 0.05) is 44.0 Å². The van der Waals surface area contributed by atoms with Crippen LogP contribution < -0.4 is 21.1 Å². The van der Waals surface area contributed by atoms with Crippen LogP contribution in [0.25, 0.3) is 0 Å². The molecule has 1 fully saturated rings. The van der Waals surface area contributed by atoms with Crippen molar-refractivity contribution in [2.24, 2.45) is 0 Å². The Hall–Kier alpha value is -2.90. The number of nitrogens with zero attached hydrogens (tertiary/aromatic N) is 2. The fraction of sp³-hybridized carbons (Fsp3) is 0.333. The molecule has 0 saturated carbocycles. The number of anilines is 2. The van der Waals surface area contributed by atoms with Gasteiger partial charge < -0.3 is 20.1 Å². The van der Waals surface area contributed by atoms with Crippen LogP contribution in [0.3, 0.4) is 0 Å². The van der Waals surface area contributed by atoms with Gasteiger partial charge in [-0.1, -0.05) is 0 Å². The number of rotatable bonds is 4. The number of carbonyl (C=O) groups is 1. The van der Waals surface area contributed by atoms with Crippen molar-refractivity contribution >= 4 is 17.4 Å². The third kappa shape index (κ3) is 4.01. The van der Waals surface area contributed by atoms with E-state index < -0.39 is 17.7 Å². The monoisotopic (exact) mass is 362 g/mol. The van der Waals surface area contributed by atoms with E-state index in [1.165, 1.54) is 22.8 Å². The minimum absolute atomic E-state index is 0.133. The van der Waals surface area contributed by atoms with E-state index in [-0.39, 0.29) is 11.6 Å². The molecule has 138 valence electrons. The van der Waals surface area contributed by atoms with Crippen molar-refractivity contribution in [3.8, 4) is 0 Å². The zero-order valence-electron chi connectivity index (χ0n) is 14.3. The molecule has 0 bridgehead atoms. The summed E-state index contributed by atoms with van der Waals surface area (Å²) < 4.78 is 28.4. The Kier molecular flexibility index (Phi) is 5.20. The molecule has 0 spiro atoms. The minimum Gasteiger partial charge on any atom is -0.367 e. The third-order valence-electron chi connectivity index (χ3n) is 4.36. The molecular formula is C18H20F2N4O2. The summed E-state index contributed by atoms with van der Waals surface area (Å²) in [6.45, 7) is 3.35. The Labute approximate surface area is 149 Å². The number of nitrogens with one attached hydrogen (secondary N) is 2. The Balaban J connectivity index is 1.58. The highest BCUT2D eigenvalue weighted by molar-refractivity contribution is 5.89. The highest BCUT2D eigenvalue weighted by Crippen LogP contribution is 2.24. The second-order valence-electron chi connectivity index (χ2n) is 6.17. The molecule has 6 nitrogen and oxygen atoms in total. The number of aromatic nitrogens is 1. The van der Waals surface area contributed by atoms with Crippen LogP contribution in [0.2, 0.25) is 0 Å². The molecule has 1 aromatic carbocycles. The van der Waals surface area contributed by atoms with Crippen LogP contribution in [0.4, 0.5) is 25.0 Å². The fourth-order valence-corrected chi connectivity index (χ4v) is 3.04. The molecule has 2 heterocycles. The summed E-state index contributed by atoms with van der Waals surface area (Å²) in [5.41, 5.74) is 0.709. The van der Waals surface area contributed by atoms with Crippen molar-refractivity contribution in [3.05, 3.63) is 58.5 Å². The molecule has 2 aromatic rings. The number of benzene rings is 1. The van der Waals surface area contributed by atoms with Crippen molar-refractivity contribution in [3.63, 3.8) is 0 Å². The van der Waals surface area contributed by atoms with Crippen LogP contribution in [0.15, 0.2) is 41.3 Å². The maximum absolute atomic E-state index is 13.9. The zero-order chi connectivity index (χ0) is 18.7. The SMILES string of the molecule is CCn1cc(NC(=O)NC2CCN(c3ccc(F)cc3F)C2)ccc1=O. The molecule has 0 radical (unpaired) electrons. The molecule has 1 aliphatic heterocycles. The van der Waals surface area contributed by atoms with Crippen LogP contribution in [0.5, 0.6) is 0 Å². The van der Waals surface area contributed by atoms with Crippen molar-refractivity contribution < 1.29 is 13.6 Å². The lowest BCUT2D eigenvalue weighted by molar-refractivity contribution is 0.249. The van der Waals surface area contributed by atoms with Gasteiger partial charge in [-0.3, -0.25) is 4.79 Å². The summed E-state index contributed by atoms with van der Waals surface area (Å²) in [7, 11) is 0. The van der Waals surface area contributed by atoms with E-state index >= 15 is 0 Å². The van der Waals surface area contributed by atoms with E-state index in [9.17, 15) is 18.4 Å². The largest absolute Gasteiger partial charge is 0.367 e. The summed E-state index contributed by atoms with van der Waals surface area (Å²) in [4.78, 5) is 25.5. The molecule has 0 aliphatic carbocycles. The van der Waals surface area contributed by atoms with Gasteiger partial charge in [0.25, 0.3) is 5.56 Å². The molecule has 1 aromatic heterocycles. The Morgan fingerprint density at radius 3 is 2.81 bits per heavy atom. The van der Waals surface area contributed by atoms with Crippen LogP contribution in [-0.2, 0) is 6.54 Å². The van der Waals surface area contributed by atoms with Gasteiger partial charge in [0.05, 0.1) is 11.4 Å². The van der Waals surface area contributed by atoms with Crippen molar-refractivity contribution in [1.82, 2.24) is 9.88 Å². The second kappa shape index (κ2) is 7.55. The topological polar surface area (TPSA) is 66.4 Å². The maximum atomic E-state index is 13.9. The average Bonchev–Trinajstić information content (AvgIpc) is 3.04. The van der Waals surface area contributed by atoms with Gasteiger partial charge in [-0.25, -0.2) is 13.6 Å². The van der Waals surface area contributed by atoms with Gasteiger partial charge >= 0.3 is 6.03 Å². The molecule has 26 heavy (non-hydrogen) atoms. The van der Waals surface area contributed by atoms with Crippen LogP contribution in [-0.4, -0.2) is 29.7 Å². The molecule has 1 aliphatic rings. The molecule has 3 rings (SSSR count). The molecule has 1 unspecified atom stereocenters. The van der Waals surface area contributed by atoms with Crippen LogP contribution >= 0.6 is 0 Å². The predicted octanol–water partition coefficient (Wildman–Crippen LogP) is 2.55. The third-order valence-corrected chi connectivity index (χ3v) is 4.36. The lowest BCUT2D eigenvalue weighted by Crippen LogP contribution is -2.40. The quantitative estimate of drug-likeness (QED) is 0.878. The minimum atomic E-state index is -0.618. The summed E-state index contributed by atoms with van der Waals surface area (Å²) in [6, 6.07) is 5.87. The van der Waals surface area contributed by atoms with Gasteiger partial charge in [-0.15, -0.1) is 0 Å². The van der Waals surface area contributed by atoms with E-state index in [0.29, 0.717) is 37.4 Å². The van der Waals surface area contributed by atoms with E-state index in [4.69, 9.17) is 0 Å². The van der Waals surface area contributed by atoms with Gasteiger partial charge in [-0.05, 0) is 31.5 Å². The normalized spacial score (nSPS) is 16.6. The first-order chi connectivity index (χ1) is 12.5. The highest BCUT2D eigenvalue weighted by Gasteiger charge is 2.26.